The van der Waals surface area contributed by atoms with Crippen molar-refractivity contribution in [3.8, 4) is 0 Å². The normalized spacial score (nSPS) is 16.6. The van der Waals surface area contributed by atoms with Gasteiger partial charge >= 0.3 is 6.03 Å². The molecule has 2 rings (SSSR count). The first kappa shape index (κ1) is 16.0. The molecule has 2 heterocycles. The van der Waals surface area contributed by atoms with E-state index < -0.39 is 0 Å². The van der Waals surface area contributed by atoms with Gasteiger partial charge in [-0.15, -0.1) is 17.9 Å². The Kier molecular flexibility index (Phi) is 6.26. The minimum absolute atomic E-state index is 0.0630. The van der Waals surface area contributed by atoms with Gasteiger partial charge in [0.05, 0.1) is 6.54 Å². The van der Waals surface area contributed by atoms with Crippen LogP contribution in [0.1, 0.15) is 24.6 Å². The zero-order valence-corrected chi connectivity index (χ0v) is 13.6. The van der Waals surface area contributed by atoms with Crippen molar-refractivity contribution in [2.45, 2.75) is 32.4 Å². The molecule has 0 spiro atoms. The topological polar surface area (TPSA) is 35.6 Å². The number of hydrogen-bond donors (Lipinski definition) is 1. The van der Waals surface area contributed by atoms with Crippen molar-refractivity contribution < 1.29 is 4.79 Å². The van der Waals surface area contributed by atoms with Crippen LogP contribution in [-0.2, 0) is 6.54 Å². The average Bonchev–Trinajstić information content (AvgIpc) is 3.00. The molecule has 1 N–H and O–H groups in total. The van der Waals surface area contributed by atoms with Gasteiger partial charge in [0.15, 0.2) is 0 Å². The monoisotopic (exact) mass is 307 g/mol. The molecule has 1 aliphatic heterocycles. The largest absolute Gasteiger partial charge is 0.335 e. The molecule has 1 fully saturated rings. The summed E-state index contributed by atoms with van der Waals surface area (Å²) in [6.07, 6.45) is 3.99. The number of urea groups is 1. The van der Waals surface area contributed by atoms with Gasteiger partial charge in [-0.3, -0.25) is 4.90 Å². The molecular weight excluding hydrogens is 282 g/mol. The number of amides is 2. The van der Waals surface area contributed by atoms with Gasteiger partial charge < -0.3 is 10.2 Å². The quantitative estimate of drug-likeness (QED) is 0.820. The van der Waals surface area contributed by atoms with Crippen LogP contribution in [0.25, 0.3) is 0 Å². The molecule has 116 valence electrons. The molecule has 4 nitrogen and oxygen atoms in total. The van der Waals surface area contributed by atoms with E-state index >= 15 is 0 Å². The van der Waals surface area contributed by atoms with Crippen molar-refractivity contribution in [3.63, 3.8) is 0 Å². The second kappa shape index (κ2) is 8.20. The molecule has 1 aromatic rings. The summed E-state index contributed by atoms with van der Waals surface area (Å²) in [7, 11) is 0. The highest BCUT2D eigenvalue weighted by Gasteiger charge is 2.22. The van der Waals surface area contributed by atoms with E-state index in [1.54, 1.807) is 11.3 Å². The Hall–Kier alpha value is -1.33. The average molecular weight is 307 g/mol. The summed E-state index contributed by atoms with van der Waals surface area (Å²) in [5, 5.41) is 5.24. The van der Waals surface area contributed by atoms with Crippen LogP contribution < -0.4 is 5.32 Å². The predicted octanol–water partition coefficient (Wildman–Crippen LogP) is 2.93. The van der Waals surface area contributed by atoms with Gasteiger partial charge in [0, 0.05) is 37.1 Å². The molecule has 5 heteroatoms. The molecule has 0 aromatic carbocycles. The fourth-order valence-corrected chi connectivity index (χ4v) is 3.35. The Morgan fingerprint density at radius 1 is 1.57 bits per heavy atom. The molecule has 1 aromatic heterocycles. The summed E-state index contributed by atoms with van der Waals surface area (Å²) in [6, 6.07) is 4.47. The Labute approximate surface area is 131 Å². The van der Waals surface area contributed by atoms with Crippen LogP contribution in [0.4, 0.5) is 4.79 Å². The first-order valence-electron chi connectivity index (χ1n) is 7.64. The third-order valence-electron chi connectivity index (χ3n) is 3.90. The van der Waals surface area contributed by atoms with Crippen LogP contribution in [-0.4, -0.2) is 48.1 Å². The number of likely N-dealkylation sites (tertiary alicyclic amines) is 1. The number of thiophene rings is 1. The van der Waals surface area contributed by atoms with Crippen LogP contribution in [0.15, 0.2) is 30.2 Å². The van der Waals surface area contributed by atoms with Crippen molar-refractivity contribution >= 4 is 17.4 Å². The van der Waals surface area contributed by atoms with E-state index in [1.165, 1.54) is 4.88 Å². The van der Waals surface area contributed by atoms with Crippen molar-refractivity contribution in [3.05, 3.63) is 35.0 Å². The van der Waals surface area contributed by atoms with E-state index in [2.05, 4.69) is 28.2 Å². The molecular formula is C16H25N3OS. The van der Waals surface area contributed by atoms with E-state index in [4.69, 9.17) is 0 Å². The predicted molar refractivity (Wildman–Crippen MR) is 88.6 cm³/mol. The molecule has 0 radical (unpaired) electrons. The Morgan fingerprint density at radius 3 is 2.90 bits per heavy atom. The first-order valence-corrected chi connectivity index (χ1v) is 8.52. The Morgan fingerprint density at radius 2 is 2.33 bits per heavy atom. The van der Waals surface area contributed by atoms with Gasteiger partial charge in [-0.1, -0.05) is 12.1 Å². The molecule has 0 bridgehead atoms. The maximum atomic E-state index is 12.4. The second-order valence-corrected chi connectivity index (χ2v) is 6.44. The van der Waals surface area contributed by atoms with Gasteiger partial charge in [-0.05, 0) is 31.2 Å². The number of nitrogens with zero attached hydrogens (tertiary/aromatic N) is 2. The maximum absolute atomic E-state index is 12.4. The smallest absolute Gasteiger partial charge is 0.317 e. The van der Waals surface area contributed by atoms with Gasteiger partial charge in [0.25, 0.3) is 0 Å². The van der Waals surface area contributed by atoms with Gasteiger partial charge in [-0.25, -0.2) is 4.79 Å². The van der Waals surface area contributed by atoms with Crippen LogP contribution in [0.5, 0.6) is 0 Å². The molecule has 0 saturated carbocycles. The van der Waals surface area contributed by atoms with Crippen LogP contribution in [0.3, 0.4) is 0 Å². The standard InChI is InChI=1S/C16H25N3OS/c1-3-9-18-10-7-14(8-11-18)17-16(20)19(4-2)13-15-6-5-12-21-15/h3,5-6,12,14H,1,4,7-11,13H2,2H3,(H,17,20). The summed E-state index contributed by atoms with van der Waals surface area (Å²) >= 11 is 1.70. The van der Waals surface area contributed by atoms with E-state index in [0.717, 1.165) is 39.0 Å². The zero-order valence-electron chi connectivity index (χ0n) is 12.8. The van der Waals surface area contributed by atoms with E-state index in [1.807, 2.05) is 24.0 Å². The van der Waals surface area contributed by atoms with Crippen molar-refractivity contribution in [2.75, 3.05) is 26.2 Å². The van der Waals surface area contributed by atoms with Gasteiger partial charge in [0.1, 0.15) is 0 Å². The van der Waals surface area contributed by atoms with Crippen molar-refractivity contribution in [1.29, 1.82) is 0 Å². The molecule has 21 heavy (non-hydrogen) atoms. The molecule has 0 aliphatic carbocycles. The molecule has 2 amide bonds. The number of piperidine rings is 1. The van der Waals surface area contributed by atoms with Crippen LogP contribution in [0.2, 0.25) is 0 Å². The lowest BCUT2D eigenvalue weighted by atomic mass is 10.1. The van der Waals surface area contributed by atoms with Crippen LogP contribution in [0, 0.1) is 0 Å². The van der Waals surface area contributed by atoms with E-state index in [0.29, 0.717) is 12.6 Å². The Bertz CT molecular complexity index is 438. The summed E-state index contributed by atoms with van der Waals surface area (Å²) in [5.74, 6) is 0. The first-order chi connectivity index (χ1) is 10.2. The fourth-order valence-electron chi connectivity index (χ4n) is 2.63. The highest BCUT2D eigenvalue weighted by atomic mass is 32.1. The minimum Gasteiger partial charge on any atom is -0.335 e. The van der Waals surface area contributed by atoms with E-state index in [9.17, 15) is 4.79 Å². The minimum atomic E-state index is 0.0630. The van der Waals surface area contributed by atoms with Gasteiger partial charge in [-0.2, -0.15) is 0 Å². The molecule has 1 saturated heterocycles. The lowest BCUT2D eigenvalue weighted by molar-refractivity contribution is 0.177. The number of carbonyl (C=O) groups is 1. The summed E-state index contributed by atoms with van der Waals surface area (Å²) < 4.78 is 0. The number of carbonyl (C=O) groups excluding carboxylic acids is 1. The SMILES string of the molecule is C=CCN1CCC(NC(=O)N(CC)Cc2cccs2)CC1. The highest BCUT2D eigenvalue weighted by Crippen LogP contribution is 2.14. The number of nitrogens with one attached hydrogen (secondary N) is 1. The van der Waals surface area contributed by atoms with Crippen molar-refractivity contribution in [2.24, 2.45) is 0 Å². The highest BCUT2D eigenvalue weighted by molar-refractivity contribution is 7.09. The van der Waals surface area contributed by atoms with Crippen LogP contribution >= 0.6 is 11.3 Å². The maximum Gasteiger partial charge on any atom is 0.317 e. The molecule has 0 atom stereocenters. The third kappa shape index (κ3) is 4.86. The Balaban J connectivity index is 1.78. The fraction of sp³-hybridized carbons (Fsp3) is 0.562. The third-order valence-corrected chi connectivity index (χ3v) is 4.76. The summed E-state index contributed by atoms with van der Waals surface area (Å²) in [4.78, 5) is 17.8. The molecule has 1 aliphatic rings. The van der Waals surface area contributed by atoms with Crippen molar-refractivity contribution in [1.82, 2.24) is 15.1 Å². The number of rotatable bonds is 6. The summed E-state index contributed by atoms with van der Waals surface area (Å²) in [6.45, 7) is 10.3. The zero-order chi connectivity index (χ0) is 15.1. The number of hydrogen-bond acceptors (Lipinski definition) is 3. The van der Waals surface area contributed by atoms with Gasteiger partial charge in [0.2, 0.25) is 0 Å². The molecule has 0 unspecified atom stereocenters. The second-order valence-electron chi connectivity index (χ2n) is 5.41. The lowest BCUT2D eigenvalue weighted by Crippen LogP contribution is -2.49. The van der Waals surface area contributed by atoms with E-state index in [-0.39, 0.29) is 6.03 Å². The summed E-state index contributed by atoms with van der Waals surface area (Å²) in [5.41, 5.74) is 0. The lowest BCUT2D eigenvalue weighted by Gasteiger charge is -2.33.